The van der Waals surface area contributed by atoms with E-state index in [9.17, 15) is 13.2 Å². The molecule has 0 bridgehead atoms. The summed E-state index contributed by atoms with van der Waals surface area (Å²) in [6.45, 7) is 6.08. The summed E-state index contributed by atoms with van der Waals surface area (Å²) in [4.78, 5) is 18.3. The fourth-order valence-corrected chi connectivity index (χ4v) is 4.87. The van der Waals surface area contributed by atoms with Gasteiger partial charge in [-0.15, -0.1) is 0 Å². The van der Waals surface area contributed by atoms with E-state index in [4.69, 9.17) is 0 Å². The molecule has 0 aromatic rings. The molecule has 0 radical (unpaired) electrons. The molecular weight excluding hydrogens is 342 g/mol. The molecule has 2 aliphatic rings. The molecule has 2 aliphatic heterocycles. The van der Waals surface area contributed by atoms with Crippen LogP contribution in [-0.2, 0) is 14.8 Å². The van der Waals surface area contributed by atoms with E-state index in [0.717, 1.165) is 38.4 Å². The van der Waals surface area contributed by atoms with Crippen LogP contribution in [0.25, 0.3) is 0 Å². The summed E-state index contributed by atoms with van der Waals surface area (Å²) in [5, 5.41) is 5.98. The zero-order chi connectivity index (χ0) is 18.3. The molecule has 1 amide bonds. The topological polar surface area (TPSA) is 94.1 Å². The minimum atomic E-state index is -3.05. The Kier molecular flexibility index (Phi) is 7.49. The van der Waals surface area contributed by atoms with Gasteiger partial charge in [-0.1, -0.05) is 0 Å². The van der Waals surface area contributed by atoms with Crippen LogP contribution in [0.4, 0.5) is 0 Å². The van der Waals surface area contributed by atoms with Crippen molar-refractivity contribution in [2.75, 3.05) is 52.1 Å². The van der Waals surface area contributed by atoms with Crippen LogP contribution in [0.2, 0.25) is 0 Å². The summed E-state index contributed by atoms with van der Waals surface area (Å²) in [7, 11) is -1.38. The number of likely N-dealkylation sites (tertiary alicyclic amines) is 1. The van der Waals surface area contributed by atoms with Crippen LogP contribution in [0.3, 0.4) is 0 Å². The van der Waals surface area contributed by atoms with Crippen LogP contribution in [0, 0.1) is 5.92 Å². The third-order valence-corrected chi connectivity index (χ3v) is 6.77. The molecule has 0 atom stereocenters. The van der Waals surface area contributed by atoms with E-state index in [-0.39, 0.29) is 11.7 Å². The summed E-state index contributed by atoms with van der Waals surface area (Å²) >= 11 is 0. The van der Waals surface area contributed by atoms with Crippen molar-refractivity contribution in [3.05, 3.63) is 0 Å². The van der Waals surface area contributed by atoms with Gasteiger partial charge in [0.1, 0.15) is 0 Å². The Morgan fingerprint density at radius 3 is 2.52 bits per heavy atom. The molecule has 2 heterocycles. The third-order valence-electron chi connectivity index (χ3n) is 4.82. The number of guanidine groups is 1. The molecule has 0 unspecified atom stereocenters. The number of carbonyl (C=O) groups is 1. The number of carbonyl (C=O) groups excluding carboxylic acids is 1. The molecule has 9 heteroatoms. The largest absolute Gasteiger partial charge is 0.359 e. The van der Waals surface area contributed by atoms with Crippen molar-refractivity contribution in [1.82, 2.24) is 19.8 Å². The Balaban J connectivity index is 1.84. The van der Waals surface area contributed by atoms with E-state index in [1.165, 1.54) is 4.31 Å². The van der Waals surface area contributed by atoms with Gasteiger partial charge in [-0.3, -0.25) is 9.79 Å². The Morgan fingerprint density at radius 1 is 1.24 bits per heavy atom. The lowest BCUT2D eigenvalue weighted by molar-refractivity contribution is -0.121. The number of nitrogens with one attached hydrogen (secondary N) is 2. The summed E-state index contributed by atoms with van der Waals surface area (Å²) in [6.07, 6.45) is 3.24. The fraction of sp³-hybridized carbons (Fsp3) is 0.875. The van der Waals surface area contributed by atoms with Crippen molar-refractivity contribution in [2.45, 2.75) is 32.6 Å². The third kappa shape index (κ3) is 5.85. The predicted molar refractivity (Wildman–Crippen MR) is 98.9 cm³/mol. The molecule has 0 spiro atoms. The van der Waals surface area contributed by atoms with E-state index >= 15 is 0 Å². The highest BCUT2D eigenvalue weighted by Crippen LogP contribution is 2.20. The standard InChI is InChI=1S/C16H31N5O3S/c1-3-18-16(19-7-11-21-8-4-12-25(21,23)24)20-9-5-14(6-10-20)13-15(22)17-2/h14H,3-13H2,1-2H3,(H,17,22)(H,18,19). The van der Waals surface area contributed by atoms with E-state index in [1.54, 1.807) is 7.05 Å². The zero-order valence-corrected chi connectivity index (χ0v) is 16.1. The van der Waals surface area contributed by atoms with Gasteiger partial charge in [-0.05, 0) is 32.1 Å². The number of amides is 1. The Bertz CT molecular complexity index is 570. The molecular formula is C16H31N5O3S. The molecule has 25 heavy (non-hydrogen) atoms. The molecule has 2 saturated heterocycles. The van der Waals surface area contributed by atoms with Gasteiger partial charge in [-0.2, -0.15) is 0 Å². The van der Waals surface area contributed by atoms with Crippen molar-refractivity contribution in [3.8, 4) is 0 Å². The van der Waals surface area contributed by atoms with Gasteiger partial charge in [0.15, 0.2) is 5.96 Å². The zero-order valence-electron chi connectivity index (χ0n) is 15.3. The van der Waals surface area contributed by atoms with Gasteiger partial charge in [0.05, 0.1) is 12.3 Å². The van der Waals surface area contributed by atoms with E-state index in [0.29, 0.717) is 38.4 Å². The summed E-state index contributed by atoms with van der Waals surface area (Å²) in [5.41, 5.74) is 0. The van der Waals surface area contributed by atoms with Gasteiger partial charge < -0.3 is 15.5 Å². The molecule has 8 nitrogen and oxygen atoms in total. The van der Waals surface area contributed by atoms with Crippen molar-refractivity contribution in [3.63, 3.8) is 0 Å². The quantitative estimate of drug-likeness (QED) is 0.498. The van der Waals surface area contributed by atoms with Gasteiger partial charge in [0.2, 0.25) is 15.9 Å². The van der Waals surface area contributed by atoms with Gasteiger partial charge in [0.25, 0.3) is 0 Å². The lowest BCUT2D eigenvalue weighted by Crippen LogP contribution is -2.46. The maximum atomic E-state index is 11.8. The first-order valence-corrected chi connectivity index (χ1v) is 10.8. The molecule has 2 fully saturated rings. The summed E-state index contributed by atoms with van der Waals surface area (Å²) < 4.78 is 25.2. The maximum absolute atomic E-state index is 11.8. The molecule has 2 N–H and O–H groups in total. The minimum Gasteiger partial charge on any atom is -0.359 e. The van der Waals surface area contributed by atoms with Crippen LogP contribution >= 0.6 is 0 Å². The highest BCUT2D eigenvalue weighted by atomic mass is 32.2. The predicted octanol–water partition coefficient (Wildman–Crippen LogP) is -0.164. The number of aliphatic imine (C=N–C) groups is 1. The van der Waals surface area contributed by atoms with Crippen molar-refractivity contribution in [1.29, 1.82) is 0 Å². The Labute approximate surface area is 151 Å². The van der Waals surface area contributed by atoms with Gasteiger partial charge in [-0.25, -0.2) is 12.7 Å². The maximum Gasteiger partial charge on any atom is 0.220 e. The van der Waals surface area contributed by atoms with E-state index in [2.05, 4.69) is 20.5 Å². The average molecular weight is 374 g/mol. The second-order valence-electron chi connectivity index (χ2n) is 6.61. The highest BCUT2D eigenvalue weighted by molar-refractivity contribution is 7.89. The number of hydrogen-bond donors (Lipinski definition) is 2. The second kappa shape index (κ2) is 9.38. The van der Waals surface area contributed by atoms with Crippen molar-refractivity contribution in [2.24, 2.45) is 10.9 Å². The van der Waals surface area contributed by atoms with E-state index < -0.39 is 10.0 Å². The Hall–Kier alpha value is -1.35. The lowest BCUT2D eigenvalue weighted by Gasteiger charge is -2.34. The lowest BCUT2D eigenvalue weighted by atomic mass is 9.93. The molecule has 2 rings (SSSR count). The van der Waals surface area contributed by atoms with Gasteiger partial charge >= 0.3 is 0 Å². The Morgan fingerprint density at radius 2 is 1.96 bits per heavy atom. The number of hydrogen-bond acceptors (Lipinski definition) is 4. The number of sulfonamides is 1. The monoisotopic (exact) mass is 373 g/mol. The molecule has 0 aromatic heterocycles. The summed E-state index contributed by atoms with van der Waals surface area (Å²) in [6, 6.07) is 0. The first kappa shape index (κ1) is 20.0. The van der Waals surface area contributed by atoms with Gasteiger partial charge in [0, 0.05) is 46.2 Å². The summed E-state index contributed by atoms with van der Waals surface area (Å²) in [5.74, 6) is 1.63. The number of piperidine rings is 1. The van der Waals surface area contributed by atoms with Crippen molar-refractivity contribution >= 4 is 21.9 Å². The second-order valence-corrected chi connectivity index (χ2v) is 8.70. The first-order valence-electron chi connectivity index (χ1n) is 9.18. The molecule has 0 saturated carbocycles. The first-order chi connectivity index (χ1) is 12.0. The molecule has 0 aromatic carbocycles. The van der Waals surface area contributed by atoms with E-state index in [1.807, 2.05) is 6.92 Å². The minimum absolute atomic E-state index is 0.103. The van der Waals surface area contributed by atoms with Crippen LogP contribution in [0.1, 0.15) is 32.6 Å². The molecule has 0 aliphatic carbocycles. The SMILES string of the molecule is CCNC(=NCCN1CCCS1(=O)=O)N1CCC(CC(=O)NC)CC1. The molecule has 144 valence electrons. The highest BCUT2D eigenvalue weighted by Gasteiger charge is 2.27. The smallest absolute Gasteiger partial charge is 0.220 e. The normalized spacial score (nSPS) is 22.2. The van der Waals surface area contributed by atoms with Crippen LogP contribution in [0.15, 0.2) is 4.99 Å². The van der Waals surface area contributed by atoms with Crippen molar-refractivity contribution < 1.29 is 13.2 Å². The number of rotatable bonds is 6. The number of nitrogens with zero attached hydrogens (tertiary/aromatic N) is 3. The van der Waals surface area contributed by atoms with Crippen LogP contribution < -0.4 is 10.6 Å². The van der Waals surface area contributed by atoms with Crippen LogP contribution in [0.5, 0.6) is 0 Å². The fourth-order valence-electron chi connectivity index (χ4n) is 3.35. The van der Waals surface area contributed by atoms with Crippen LogP contribution in [-0.4, -0.2) is 81.6 Å². The average Bonchev–Trinajstić information content (AvgIpc) is 2.93.